The smallest absolute Gasteiger partial charge is 0.323 e. The lowest BCUT2D eigenvalue weighted by Crippen LogP contribution is -2.36. The molecule has 0 aliphatic carbocycles. The SMILES string of the molecule is CCCN(CC(=O)O)C(=O)c1cnc(C)[nH]1. The van der Waals surface area contributed by atoms with Gasteiger partial charge in [0.15, 0.2) is 0 Å². The minimum absolute atomic E-state index is 0.287. The third kappa shape index (κ3) is 3.08. The summed E-state index contributed by atoms with van der Waals surface area (Å²) in [4.78, 5) is 30.5. The first-order chi connectivity index (χ1) is 7.54. The van der Waals surface area contributed by atoms with Crippen LogP contribution in [0.3, 0.4) is 0 Å². The van der Waals surface area contributed by atoms with Crippen LogP contribution in [-0.2, 0) is 4.79 Å². The van der Waals surface area contributed by atoms with Gasteiger partial charge >= 0.3 is 5.97 Å². The van der Waals surface area contributed by atoms with E-state index in [0.29, 0.717) is 24.5 Å². The molecule has 0 saturated carbocycles. The van der Waals surface area contributed by atoms with Crippen LogP contribution in [0.15, 0.2) is 6.20 Å². The first-order valence-electron chi connectivity index (χ1n) is 5.07. The summed E-state index contributed by atoms with van der Waals surface area (Å²) in [6.07, 6.45) is 2.13. The maximum atomic E-state index is 11.9. The highest BCUT2D eigenvalue weighted by Gasteiger charge is 2.19. The molecule has 0 aromatic carbocycles. The standard InChI is InChI=1S/C10H15N3O3/c1-3-4-13(6-9(14)15)10(16)8-5-11-7(2)12-8/h5H,3-4,6H2,1-2H3,(H,11,12)(H,14,15). The van der Waals surface area contributed by atoms with E-state index >= 15 is 0 Å². The van der Waals surface area contributed by atoms with Gasteiger partial charge in [0, 0.05) is 6.54 Å². The zero-order valence-corrected chi connectivity index (χ0v) is 9.36. The van der Waals surface area contributed by atoms with Crippen molar-refractivity contribution >= 4 is 11.9 Å². The summed E-state index contributed by atoms with van der Waals surface area (Å²) in [6, 6.07) is 0. The summed E-state index contributed by atoms with van der Waals surface area (Å²) in [5, 5.41) is 8.69. The second-order valence-electron chi connectivity index (χ2n) is 3.50. The molecular formula is C10H15N3O3. The number of hydrogen-bond acceptors (Lipinski definition) is 3. The Morgan fingerprint density at radius 3 is 2.69 bits per heavy atom. The molecule has 88 valence electrons. The van der Waals surface area contributed by atoms with E-state index in [1.165, 1.54) is 11.1 Å². The van der Waals surface area contributed by atoms with Crippen molar-refractivity contribution in [1.82, 2.24) is 14.9 Å². The van der Waals surface area contributed by atoms with Crippen LogP contribution in [0.5, 0.6) is 0 Å². The number of imidazole rings is 1. The fraction of sp³-hybridized carbons (Fsp3) is 0.500. The van der Waals surface area contributed by atoms with Crippen LogP contribution in [0.4, 0.5) is 0 Å². The molecule has 2 N–H and O–H groups in total. The van der Waals surface area contributed by atoms with Gasteiger partial charge in [-0.2, -0.15) is 0 Å². The van der Waals surface area contributed by atoms with Gasteiger partial charge in [0.25, 0.3) is 5.91 Å². The molecule has 1 aromatic heterocycles. The average Bonchev–Trinajstić information content (AvgIpc) is 2.62. The van der Waals surface area contributed by atoms with Crippen LogP contribution in [0.2, 0.25) is 0 Å². The Labute approximate surface area is 93.3 Å². The summed E-state index contributed by atoms with van der Waals surface area (Å²) >= 11 is 0. The summed E-state index contributed by atoms with van der Waals surface area (Å²) in [6.45, 7) is 3.76. The predicted octanol–water partition coefficient (Wildman–Crippen LogP) is 0.655. The van der Waals surface area contributed by atoms with Crippen molar-refractivity contribution in [2.45, 2.75) is 20.3 Å². The molecule has 0 radical (unpaired) electrons. The highest BCUT2D eigenvalue weighted by Crippen LogP contribution is 2.03. The number of aliphatic carboxylic acids is 1. The zero-order chi connectivity index (χ0) is 12.1. The Kier molecular flexibility index (Phi) is 4.04. The topological polar surface area (TPSA) is 86.3 Å². The van der Waals surface area contributed by atoms with Gasteiger partial charge in [0.1, 0.15) is 18.1 Å². The molecule has 1 rings (SSSR count). The molecule has 0 saturated heterocycles. The number of carbonyl (C=O) groups is 2. The van der Waals surface area contributed by atoms with Crippen molar-refractivity contribution in [1.29, 1.82) is 0 Å². The number of carboxylic acid groups (broad SMARTS) is 1. The summed E-state index contributed by atoms with van der Waals surface area (Å²) in [7, 11) is 0. The molecule has 6 nitrogen and oxygen atoms in total. The van der Waals surface area contributed by atoms with Crippen molar-refractivity contribution < 1.29 is 14.7 Å². The van der Waals surface area contributed by atoms with Crippen LogP contribution >= 0.6 is 0 Å². The highest BCUT2D eigenvalue weighted by molar-refractivity contribution is 5.94. The van der Waals surface area contributed by atoms with Crippen LogP contribution in [0.1, 0.15) is 29.7 Å². The van der Waals surface area contributed by atoms with Crippen molar-refractivity contribution in [3.8, 4) is 0 Å². The highest BCUT2D eigenvalue weighted by atomic mass is 16.4. The molecule has 1 amide bonds. The molecule has 0 fully saturated rings. The van der Waals surface area contributed by atoms with Gasteiger partial charge < -0.3 is 15.0 Å². The molecule has 1 heterocycles. The number of hydrogen-bond donors (Lipinski definition) is 2. The van der Waals surface area contributed by atoms with Gasteiger partial charge in [-0.3, -0.25) is 9.59 Å². The maximum Gasteiger partial charge on any atom is 0.323 e. The Morgan fingerprint density at radius 2 is 2.25 bits per heavy atom. The van der Waals surface area contributed by atoms with E-state index in [4.69, 9.17) is 5.11 Å². The number of carbonyl (C=O) groups excluding carboxylic acids is 1. The van der Waals surface area contributed by atoms with Gasteiger partial charge in [-0.1, -0.05) is 6.92 Å². The van der Waals surface area contributed by atoms with Crippen molar-refractivity contribution in [3.05, 3.63) is 17.7 Å². The molecule has 0 atom stereocenters. The number of H-pyrrole nitrogens is 1. The maximum absolute atomic E-state index is 11.9. The lowest BCUT2D eigenvalue weighted by Gasteiger charge is -2.18. The summed E-state index contributed by atoms with van der Waals surface area (Å²) in [5.41, 5.74) is 0.326. The van der Waals surface area contributed by atoms with Crippen molar-refractivity contribution in [2.75, 3.05) is 13.1 Å². The molecule has 0 aliphatic rings. The van der Waals surface area contributed by atoms with Crippen LogP contribution < -0.4 is 0 Å². The minimum Gasteiger partial charge on any atom is -0.480 e. The van der Waals surface area contributed by atoms with E-state index in [0.717, 1.165) is 0 Å². The van der Waals surface area contributed by atoms with E-state index in [1.54, 1.807) is 6.92 Å². The van der Waals surface area contributed by atoms with Crippen molar-refractivity contribution in [3.63, 3.8) is 0 Å². The fourth-order valence-corrected chi connectivity index (χ4v) is 1.39. The summed E-state index contributed by atoms with van der Waals surface area (Å²) < 4.78 is 0. The van der Waals surface area contributed by atoms with Gasteiger partial charge in [0.2, 0.25) is 0 Å². The Balaban J connectivity index is 2.78. The number of carboxylic acids is 1. The van der Waals surface area contributed by atoms with Crippen LogP contribution in [0, 0.1) is 6.92 Å². The molecule has 0 aliphatic heterocycles. The number of aromatic nitrogens is 2. The first kappa shape index (κ1) is 12.2. The third-order valence-corrected chi connectivity index (χ3v) is 2.04. The fourth-order valence-electron chi connectivity index (χ4n) is 1.39. The van der Waals surface area contributed by atoms with Gasteiger partial charge in [-0.05, 0) is 13.3 Å². The monoisotopic (exact) mass is 225 g/mol. The predicted molar refractivity (Wildman–Crippen MR) is 57.2 cm³/mol. The molecule has 6 heteroatoms. The summed E-state index contributed by atoms with van der Waals surface area (Å²) in [5.74, 6) is -0.710. The second-order valence-corrected chi connectivity index (χ2v) is 3.50. The number of aryl methyl sites for hydroxylation is 1. The number of nitrogens with one attached hydrogen (secondary N) is 1. The zero-order valence-electron chi connectivity index (χ0n) is 9.36. The normalized spacial score (nSPS) is 10.1. The van der Waals surface area contributed by atoms with E-state index in [9.17, 15) is 9.59 Å². The Hall–Kier alpha value is -1.85. The van der Waals surface area contributed by atoms with E-state index in [-0.39, 0.29) is 12.5 Å². The third-order valence-electron chi connectivity index (χ3n) is 2.04. The molecule has 1 aromatic rings. The van der Waals surface area contributed by atoms with Gasteiger partial charge in [0.05, 0.1) is 6.20 Å². The van der Waals surface area contributed by atoms with E-state index in [1.807, 2.05) is 6.92 Å². The lowest BCUT2D eigenvalue weighted by atomic mass is 10.3. The number of rotatable bonds is 5. The Bertz CT molecular complexity index is 386. The quantitative estimate of drug-likeness (QED) is 0.770. The largest absolute Gasteiger partial charge is 0.480 e. The molecule has 0 unspecified atom stereocenters. The van der Waals surface area contributed by atoms with Crippen LogP contribution in [-0.4, -0.2) is 44.9 Å². The number of amides is 1. The average molecular weight is 225 g/mol. The lowest BCUT2D eigenvalue weighted by molar-refractivity contribution is -0.137. The minimum atomic E-state index is -1.02. The Morgan fingerprint density at radius 1 is 1.56 bits per heavy atom. The van der Waals surface area contributed by atoms with E-state index in [2.05, 4.69) is 9.97 Å². The second kappa shape index (κ2) is 5.29. The number of nitrogens with zero attached hydrogens (tertiary/aromatic N) is 2. The van der Waals surface area contributed by atoms with Gasteiger partial charge in [-0.25, -0.2) is 4.98 Å². The van der Waals surface area contributed by atoms with E-state index < -0.39 is 5.97 Å². The van der Waals surface area contributed by atoms with Gasteiger partial charge in [-0.15, -0.1) is 0 Å². The molecule has 16 heavy (non-hydrogen) atoms. The molecule has 0 spiro atoms. The number of aromatic amines is 1. The first-order valence-corrected chi connectivity index (χ1v) is 5.07. The molecular weight excluding hydrogens is 210 g/mol. The molecule has 0 bridgehead atoms. The van der Waals surface area contributed by atoms with Crippen molar-refractivity contribution in [2.24, 2.45) is 0 Å². The van der Waals surface area contributed by atoms with Crippen LogP contribution in [0.25, 0.3) is 0 Å².